The lowest BCUT2D eigenvalue weighted by atomic mass is 9.93. The van der Waals surface area contributed by atoms with Crippen molar-refractivity contribution in [3.05, 3.63) is 55.7 Å². The van der Waals surface area contributed by atoms with Crippen molar-refractivity contribution < 1.29 is 0 Å². The van der Waals surface area contributed by atoms with Crippen LogP contribution in [-0.4, -0.2) is 0 Å². The van der Waals surface area contributed by atoms with Gasteiger partial charge in [0.25, 0.3) is 0 Å². The van der Waals surface area contributed by atoms with E-state index in [4.69, 9.17) is 23.2 Å². The molecule has 1 aliphatic rings. The van der Waals surface area contributed by atoms with Gasteiger partial charge >= 0.3 is 0 Å². The van der Waals surface area contributed by atoms with Crippen molar-refractivity contribution in [1.82, 2.24) is 5.32 Å². The molecule has 0 spiro atoms. The lowest BCUT2D eigenvalue weighted by Crippen LogP contribution is -2.27. The predicted octanol–water partition coefficient (Wildman–Crippen LogP) is 5.78. The van der Waals surface area contributed by atoms with Gasteiger partial charge in [0.2, 0.25) is 0 Å². The third-order valence-electron chi connectivity index (χ3n) is 3.95. The van der Waals surface area contributed by atoms with E-state index in [1.54, 1.807) is 0 Å². The smallest absolute Gasteiger partial charge is 0.0639 e. The Morgan fingerprint density at radius 2 is 2.15 bits per heavy atom. The second-order valence-corrected chi connectivity index (χ2v) is 7.06. The number of thiophene rings is 1. The number of nitrogens with one attached hydrogen (secondary N) is 1. The van der Waals surface area contributed by atoms with Crippen LogP contribution in [-0.2, 0) is 6.42 Å². The van der Waals surface area contributed by atoms with Crippen LogP contribution < -0.4 is 5.32 Å². The molecule has 1 N–H and O–H groups in total. The van der Waals surface area contributed by atoms with Gasteiger partial charge in [0, 0.05) is 17.0 Å². The van der Waals surface area contributed by atoms with Gasteiger partial charge in [0.1, 0.15) is 0 Å². The normalized spacial score (nSPS) is 19.6. The van der Waals surface area contributed by atoms with Crippen molar-refractivity contribution in [1.29, 1.82) is 0 Å². The average molecular weight is 326 g/mol. The molecular formula is C16H17Cl2NS. The van der Waals surface area contributed by atoms with Crippen molar-refractivity contribution in [3.8, 4) is 0 Å². The molecule has 0 aliphatic heterocycles. The molecule has 2 atom stereocenters. The number of hydrogen-bond acceptors (Lipinski definition) is 2. The molecule has 4 heteroatoms. The molecule has 2 aromatic rings. The first-order chi connectivity index (χ1) is 9.66. The Morgan fingerprint density at radius 3 is 3.00 bits per heavy atom. The molecule has 0 saturated heterocycles. The first-order valence-electron chi connectivity index (χ1n) is 6.93. The van der Waals surface area contributed by atoms with E-state index in [9.17, 15) is 0 Å². The van der Waals surface area contributed by atoms with E-state index in [1.165, 1.54) is 29.7 Å². The van der Waals surface area contributed by atoms with Crippen LogP contribution in [0.5, 0.6) is 0 Å². The summed E-state index contributed by atoms with van der Waals surface area (Å²) >= 11 is 14.3. The summed E-state index contributed by atoms with van der Waals surface area (Å²) in [5.41, 5.74) is 2.53. The maximum atomic E-state index is 6.31. The Morgan fingerprint density at radius 1 is 1.30 bits per heavy atom. The summed E-state index contributed by atoms with van der Waals surface area (Å²) in [6.07, 6.45) is 3.66. The number of benzene rings is 1. The van der Waals surface area contributed by atoms with E-state index in [2.05, 4.69) is 23.7 Å². The van der Waals surface area contributed by atoms with Gasteiger partial charge in [-0.25, -0.2) is 0 Å². The topological polar surface area (TPSA) is 12.0 Å². The minimum absolute atomic E-state index is 0.192. The maximum absolute atomic E-state index is 6.31. The first-order valence-corrected chi connectivity index (χ1v) is 8.56. The van der Waals surface area contributed by atoms with Crippen molar-refractivity contribution in [2.45, 2.75) is 38.3 Å². The molecule has 106 valence electrons. The fraction of sp³-hybridized carbons (Fsp3) is 0.375. The van der Waals surface area contributed by atoms with E-state index in [-0.39, 0.29) is 6.04 Å². The first kappa shape index (κ1) is 14.4. The number of fused-ring (bicyclic) bond motifs is 1. The number of hydrogen-bond donors (Lipinski definition) is 1. The van der Waals surface area contributed by atoms with Gasteiger partial charge in [0.15, 0.2) is 0 Å². The highest BCUT2D eigenvalue weighted by atomic mass is 35.5. The summed E-state index contributed by atoms with van der Waals surface area (Å²) in [6, 6.07) is 8.70. The summed E-state index contributed by atoms with van der Waals surface area (Å²) in [6.45, 7) is 2.15. The zero-order valence-corrected chi connectivity index (χ0v) is 13.7. The van der Waals surface area contributed by atoms with Crippen LogP contribution in [0, 0.1) is 0 Å². The van der Waals surface area contributed by atoms with E-state index in [0.29, 0.717) is 16.1 Å². The minimum atomic E-state index is 0.192. The summed E-state index contributed by atoms with van der Waals surface area (Å²) in [5.74, 6) is 0. The third-order valence-corrected chi connectivity index (χ3v) is 5.78. The van der Waals surface area contributed by atoms with E-state index in [0.717, 1.165) is 5.56 Å². The SMILES string of the molecule is CC(NC1CCCc2sccc21)c1cccc(Cl)c1Cl. The highest BCUT2D eigenvalue weighted by Gasteiger charge is 2.23. The highest BCUT2D eigenvalue weighted by Crippen LogP contribution is 2.36. The highest BCUT2D eigenvalue weighted by molar-refractivity contribution is 7.10. The molecule has 1 nitrogen and oxygen atoms in total. The molecule has 3 rings (SSSR count). The Kier molecular flexibility index (Phi) is 4.37. The van der Waals surface area contributed by atoms with E-state index < -0.39 is 0 Å². The molecule has 20 heavy (non-hydrogen) atoms. The van der Waals surface area contributed by atoms with Crippen molar-refractivity contribution >= 4 is 34.5 Å². The third kappa shape index (κ3) is 2.75. The molecule has 1 aliphatic carbocycles. The van der Waals surface area contributed by atoms with Gasteiger partial charge < -0.3 is 5.32 Å². The van der Waals surface area contributed by atoms with Gasteiger partial charge in [-0.3, -0.25) is 0 Å². The maximum Gasteiger partial charge on any atom is 0.0639 e. The molecule has 0 radical (unpaired) electrons. The van der Waals surface area contributed by atoms with Gasteiger partial charge in [-0.1, -0.05) is 35.3 Å². The summed E-state index contributed by atoms with van der Waals surface area (Å²) < 4.78 is 0. The Labute approximate surface area is 133 Å². The molecule has 2 unspecified atom stereocenters. The molecule has 0 amide bonds. The second kappa shape index (κ2) is 6.07. The molecule has 1 aromatic carbocycles. The lowest BCUT2D eigenvalue weighted by Gasteiger charge is -2.28. The molecule has 1 heterocycles. The fourth-order valence-corrected chi connectivity index (χ4v) is 4.36. The van der Waals surface area contributed by atoms with E-state index in [1.807, 2.05) is 29.5 Å². The van der Waals surface area contributed by atoms with E-state index >= 15 is 0 Å². The van der Waals surface area contributed by atoms with Crippen molar-refractivity contribution in [2.75, 3.05) is 0 Å². The van der Waals surface area contributed by atoms with Crippen LogP contribution in [0.3, 0.4) is 0 Å². The van der Waals surface area contributed by atoms with Gasteiger partial charge in [0.05, 0.1) is 10.0 Å². The molecule has 0 fully saturated rings. The zero-order valence-electron chi connectivity index (χ0n) is 11.3. The summed E-state index contributed by atoms with van der Waals surface area (Å²) in [7, 11) is 0. The van der Waals surface area contributed by atoms with Gasteiger partial charge in [-0.15, -0.1) is 11.3 Å². The minimum Gasteiger partial charge on any atom is -0.303 e. The Bertz CT molecular complexity index is 608. The van der Waals surface area contributed by atoms with Crippen LogP contribution in [0.1, 0.15) is 47.9 Å². The average Bonchev–Trinajstić information content (AvgIpc) is 2.91. The van der Waals surface area contributed by atoms with Crippen LogP contribution >= 0.6 is 34.5 Å². The Hall–Kier alpha value is -0.540. The molecule has 0 saturated carbocycles. The van der Waals surface area contributed by atoms with Crippen LogP contribution in [0.4, 0.5) is 0 Å². The number of halogens is 2. The van der Waals surface area contributed by atoms with Crippen molar-refractivity contribution in [2.24, 2.45) is 0 Å². The zero-order chi connectivity index (χ0) is 14.1. The second-order valence-electron chi connectivity index (χ2n) is 5.28. The monoisotopic (exact) mass is 325 g/mol. The standard InChI is InChI=1S/C16H17Cl2NS/c1-10(11-4-2-5-13(17)16(11)18)19-14-6-3-7-15-12(14)8-9-20-15/h2,4-5,8-10,14,19H,3,6-7H2,1H3. The van der Waals surface area contributed by atoms with Gasteiger partial charge in [-0.05, 0) is 54.8 Å². The molecule has 1 aromatic heterocycles. The van der Waals surface area contributed by atoms with Crippen LogP contribution in [0.2, 0.25) is 10.0 Å². The van der Waals surface area contributed by atoms with Crippen LogP contribution in [0.15, 0.2) is 29.6 Å². The predicted molar refractivity (Wildman–Crippen MR) is 88.0 cm³/mol. The van der Waals surface area contributed by atoms with Crippen LogP contribution in [0.25, 0.3) is 0 Å². The summed E-state index contributed by atoms with van der Waals surface area (Å²) in [4.78, 5) is 1.53. The molecule has 0 bridgehead atoms. The molecular weight excluding hydrogens is 309 g/mol. The number of rotatable bonds is 3. The van der Waals surface area contributed by atoms with Crippen molar-refractivity contribution in [3.63, 3.8) is 0 Å². The summed E-state index contributed by atoms with van der Waals surface area (Å²) in [5, 5.41) is 7.19. The van der Waals surface area contributed by atoms with Gasteiger partial charge in [-0.2, -0.15) is 0 Å². The fourth-order valence-electron chi connectivity index (χ4n) is 2.91. The number of aryl methyl sites for hydroxylation is 1. The lowest BCUT2D eigenvalue weighted by molar-refractivity contribution is 0.418. The largest absolute Gasteiger partial charge is 0.303 e. The Balaban J connectivity index is 1.81. The quantitative estimate of drug-likeness (QED) is 0.753.